The Hall–Kier alpha value is -2.99. The third-order valence-electron chi connectivity index (χ3n) is 7.55. The molecule has 3 aliphatic rings. The number of ketones is 1. The van der Waals surface area contributed by atoms with E-state index in [2.05, 4.69) is 15.4 Å². The summed E-state index contributed by atoms with van der Waals surface area (Å²) in [6.45, 7) is 0.632. The summed E-state index contributed by atoms with van der Waals surface area (Å²) in [6, 6.07) is 5.83. The van der Waals surface area contributed by atoms with Gasteiger partial charge < -0.3 is 20.6 Å². The molecule has 0 radical (unpaired) electrons. The number of ether oxygens (including phenoxy) is 1. The molecule has 3 fully saturated rings. The highest BCUT2D eigenvalue weighted by Crippen LogP contribution is 2.55. The molecule has 2 unspecified atom stereocenters. The second kappa shape index (κ2) is 10.1. The largest absolute Gasteiger partial charge is 0.522 e. The van der Waals surface area contributed by atoms with E-state index in [0.29, 0.717) is 24.9 Å². The van der Waals surface area contributed by atoms with Gasteiger partial charge in [-0.1, -0.05) is 30.3 Å². The molecule has 9 nitrogen and oxygen atoms in total. The number of aliphatic hydroxyl groups is 1. The quantitative estimate of drug-likeness (QED) is 0.448. The van der Waals surface area contributed by atoms with E-state index in [-0.39, 0.29) is 24.3 Å². The zero-order valence-electron chi connectivity index (χ0n) is 20.3. The van der Waals surface area contributed by atoms with Gasteiger partial charge in [-0.25, -0.2) is 0 Å². The van der Waals surface area contributed by atoms with Crippen molar-refractivity contribution < 1.29 is 42.2 Å². The molecule has 202 valence electrons. The maximum Gasteiger partial charge on any atom is 0.522 e. The van der Waals surface area contributed by atoms with Crippen LogP contribution in [0.1, 0.15) is 44.6 Å². The van der Waals surface area contributed by atoms with Gasteiger partial charge in [-0.3, -0.25) is 23.9 Å². The molecular weight excluding hydrogens is 495 g/mol. The Kier molecular flexibility index (Phi) is 7.35. The molecule has 2 aliphatic heterocycles. The first kappa shape index (κ1) is 27.1. The van der Waals surface area contributed by atoms with E-state index < -0.39 is 54.2 Å². The number of alkyl halides is 3. The van der Waals surface area contributed by atoms with Gasteiger partial charge in [0.05, 0.1) is 6.04 Å². The molecule has 0 bridgehead atoms. The summed E-state index contributed by atoms with van der Waals surface area (Å²) in [7, 11) is 0. The number of hydrogen-bond donors (Lipinski definition) is 3. The van der Waals surface area contributed by atoms with Crippen molar-refractivity contribution in [3.63, 3.8) is 0 Å². The summed E-state index contributed by atoms with van der Waals surface area (Å²) in [4.78, 5) is 52.9. The van der Waals surface area contributed by atoms with Gasteiger partial charge in [0.2, 0.25) is 11.8 Å². The van der Waals surface area contributed by atoms with Gasteiger partial charge in [-0.05, 0) is 50.0 Å². The van der Waals surface area contributed by atoms with E-state index in [1.807, 2.05) is 0 Å². The molecule has 1 aromatic rings. The summed E-state index contributed by atoms with van der Waals surface area (Å²) in [5.74, 6) is -3.43. The maximum atomic E-state index is 13.5. The summed E-state index contributed by atoms with van der Waals surface area (Å²) < 4.78 is 41.3. The average molecular weight is 526 g/mol. The molecule has 12 heteroatoms. The van der Waals surface area contributed by atoms with Crippen LogP contribution in [0.25, 0.3) is 0 Å². The second-order valence-electron chi connectivity index (χ2n) is 10.4. The lowest BCUT2D eigenvalue weighted by molar-refractivity contribution is -0.321. The molecule has 0 aromatic heterocycles. The molecule has 4 atom stereocenters. The van der Waals surface area contributed by atoms with E-state index >= 15 is 0 Å². The van der Waals surface area contributed by atoms with E-state index in [1.54, 1.807) is 30.3 Å². The smallest absolute Gasteiger partial charge is 0.376 e. The monoisotopic (exact) mass is 525 g/mol. The summed E-state index contributed by atoms with van der Waals surface area (Å²) in [5.41, 5.74) is -1.84. The number of carbonyl (C=O) groups is 4. The minimum absolute atomic E-state index is 0.189. The van der Waals surface area contributed by atoms with Gasteiger partial charge in [-0.15, -0.1) is 13.2 Å². The van der Waals surface area contributed by atoms with E-state index in [0.717, 1.165) is 12.8 Å². The minimum Gasteiger partial charge on any atom is -0.376 e. The van der Waals surface area contributed by atoms with Crippen LogP contribution in [0.5, 0.6) is 0 Å². The highest BCUT2D eigenvalue weighted by molar-refractivity contribution is 5.96. The molecule has 1 aliphatic carbocycles. The number of amides is 3. The predicted octanol–water partition coefficient (Wildman–Crippen LogP) is 1.39. The zero-order chi connectivity index (χ0) is 27.0. The van der Waals surface area contributed by atoms with Crippen molar-refractivity contribution in [1.82, 2.24) is 15.5 Å². The average Bonchev–Trinajstić information content (AvgIpc) is 3.31. The van der Waals surface area contributed by atoms with Crippen molar-refractivity contribution in [2.24, 2.45) is 11.3 Å². The van der Waals surface area contributed by atoms with Crippen LogP contribution in [0, 0.1) is 11.3 Å². The molecule has 37 heavy (non-hydrogen) atoms. The molecule has 3 N–H and O–H groups in total. The van der Waals surface area contributed by atoms with Crippen molar-refractivity contribution in [3.8, 4) is 0 Å². The fourth-order valence-corrected chi connectivity index (χ4v) is 5.16. The highest BCUT2D eigenvalue weighted by Gasteiger charge is 2.57. The van der Waals surface area contributed by atoms with Crippen molar-refractivity contribution in [1.29, 1.82) is 0 Å². The molecular formula is C25H30F3N3O6. The molecule has 1 saturated carbocycles. The Morgan fingerprint density at radius 3 is 2.49 bits per heavy atom. The molecule has 2 heterocycles. The fraction of sp³-hybridized carbons (Fsp3) is 0.600. The van der Waals surface area contributed by atoms with Crippen molar-refractivity contribution in [3.05, 3.63) is 35.9 Å². The Morgan fingerprint density at radius 2 is 1.92 bits per heavy atom. The normalized spacial score (nSPS) is 24.9. The zero-order valence-corrected chi connectivity index (χ0v) is 20.3. The number of rotatable bonds is 9. The molecule has 1 aromatic carbocycles. The lowest BCUT2D eigenvalue weighted by atomic mass is 9.93. The Morgan fingerprint density at radius 1 is 1.24 bits per heavy atom. The number of halogens is 3. The Bertz CT molecular complexity index is 1060. The maximum absolute atomic E-state index is 13.5. The van der Waals surface area contributed by atoms with Crippen LogP contribution in [0.3, 0.4) is 0 Å². The van der Waals surface area contributed by atoms with Gasteiger partial charge >= 0.3 is 6.36 Å². The molecule has 4 rings (SSSR count). The molecule has 1 spiro atoms. The number of benzene rings is 1. The Labute approximate surface area is 211 Å². The van der Waals surface area contributed by atoms with Gasteiger partial charge in [0.15, 0.2) is 11.4 Å². The van der Waals surface area contributed by atoms with Crippen LogP contribution in [-0.4, -0.2) is 71.7 Å². The first-order valence-corrected chi connectivity index (χ1v) is 12.2. The first-order chi connectivity index (χ1) is 17.3. The lowest BCUT2D eigenvalue weighted by Crippen LogP contribution is -2.55. The fourth-order valence-electron chi connectivity index (χ4n) is 5.16. The van der Waals surface area contributed by atoms with Gasteiger partial charge in [0.25, 0.3) is 5.91 Å². The number of nitrogens with zero attached hydrogens (tertiary/aromatic N) is 1. The highest BCUT2D eigenvalue weighted by atomic mass is 19.4. The van der Waals surface area contributed by atoms with Crippen LogP contribution in [0.2, 0.25) is 0 Å². The van der Waals surface area contributed by atoms with Crippen molar-refractivity contribution >= 4 is 23.5 Å². The van der Waals surface area contributed by atoms with Crippen molar-refractivity contribution in [2.75, 3.05) is 19.7 Å². The van der Waals surface area contributed by atoms with Crippen LogP contribution >= 0.6 is 0 Å². The first-order valence-electron chi connectivity index (χ1n) is 12.2. The standard InChI is InChI=1S/C25H30F3N3O6/c1-23(36,16-5-3-2-4-6-16)22(35)31-14-24(8-9-24)12-18(31)21(34)30-17(11-15-7-10-29-20(15)33)19(32)13-37-25(26,27)28/h2-6,15,17-18,36H,7-14H2,1H3,(H,29,33)(H,30,34)/t15-,17?,18-,23?/m0/s1. The van der Waals surface area contributed by atoms with E-state index in [1.165, 1.54) is 11.8 Å². The summed E-state index contributed by atoms with van der Waals surface area (Å²) in [6.07, 6.45) is -2.97. The van der Waals surface area contributed by atoms with Gasteiger partial charge in [0.1, 0.15) is 12.6 Å². The number of nitrogens with one attached hydrogen (secondary N) is 2. The molecule has 2 saturated heterocycles. The number of hydrogen-bond acceptors (Lipinski definition) is 6. The second-order valence-corrected chi connectivity index (χ2v) is 10.4. The summed E-state index contributed by atoms with van der Waals surface area (Å²) in [5, 5.41) is 16.2. The lowest BCUT2D eigenvalue weighted by Gasteiger charge is -2.32. The summed E-state index contributed by atoms with van der Waals surface area (Å²) >= 11 is 0. The topological polar surface area (TPSA) is 125 Å². The van der Waals surface area contributed by atoms with E-state index in [4.69, 9.17) is 0 Å². The number of likely N-dealkylation sites (tertiary alicyclic amines) is 1. The molecule has 3 amide bonds. The van der Waals surface area contributed by atoms with E-state index in [9.17, 15) is 37.5 Å². The SMILES string of the molecule is CC(O)(C(=O)N1CC2(CC2)C[C@H]1C(=O)NC(C[C@@H]1CCNC1=O)C(=O)COC(F)(F)F)c1ccccc1. The number of Topliss-reactive ketones (excluding diaryl/α,β-unsaturated/α-hetero) is 1. The van der Waals surface area contributed by atoms with Crippen LogP contribution in [-0.2, 0) is 29.5 Å². The van der Waals surface area contributed by atoms with Crippen LogP contribution in [0.4, 0.5) is 13.2 Å². The van der Waals surface area contributed by atoms with Gasteiger partial charge in [-0.2, -0.15) is 0 Å². The van der Waals surface area contributed by atoms with Crippen LogP contribution in [0.15, 0.2) is 30.3 Å². The van der Waals surface area contributed by atoms with Crippen LogP contribution < -0.4 is 10.6 Å². The number of carbonyl (C=O) groups excluding carboxylic acids is 4. The third-order valence-corrected chi connectivity index (χ3v) is 7.55. The Balaban J connectivity index is 1.52. The predicted molar refractivity (Wildman–Crippen MR) is 122 cm³/mol. The minimum atomic E-state index is -5.04. The third kappa shape index (κ3) is 6.12. The van der Waals surface area contributed by atoms with Gasteiger partial charge in [0, 0.05) is 19.0 Å². The van der Waals surface area contributed by atoms with Crippen molar-refractivity contribution in [2.45, 2.75) is 63.1 Å².